The number of anilines is 1. The Hall–Kier alpha value is -4.63. The van der Waals surface area contributed by atoms with Crippen LogP contribution in [0.2, 0.25) is 0 Å². The minimum Gasteiger partial charge on any atom is -0.455 e. The lowest BCUT2D eigenvalue weighted by atomic mass is 9.97. The van der Waals surface area contributed by atoms with E-state index >= 15 is 0 Å². The SMILES string of the molecule is C=C(Nc1ccccc1)C1(C(=O)N/C=C/C=C(\C=NC)Oc2ccnc3cc(CCCCN4CC(N=O)C5(CC5)C4)c(CC)cc23)CC1. The average molecular weight is 647 g/mol. The first-order chi connectivity index (χ1) is 23.4. The van der Waals surface area contributed by atoms with E-state index in [0.29, 0.717) is 17.2 Å². The van der Waals surface area contributed by atoms with Gasteiger partial charge < -0.3 is 20.3 Å². The van der Waals surface area contributed by atoms with E-state index in [1.165, 1.54) is 11.1 Å². The molecule has 3 fully saturated rings. The van der Waals surface area contributed by atoms with Crippen molar-refractivity contribution in [2.75, 3.05) is 32.0 Å². The van der Waals surface area contributed by atoms with Crippen LogP contribution in [0.25, 0.3) is 10.9 Å². The van der Waals surface area contributed by atoms with Crippen LogP contribution >= 0.6 is 0 Å². The number of fused-ring (bicyclic) bond motifs is 1. The second-order valence-electron chi connectivity index (χ2n) is 13.4. The van der Waals surface area contributed by atoms with Gasteiger partial charge in [0.15, 0.2) is 0 Å². The number of aryl methyl sites for hydroxylation is 2. The number of unbranched alkanes of at least 4 members (excludes halogenated alkanes) is 1. The van der Waals surface area contributed by atoms with Crippen molar-refractivity contribution in [2.45, 2.75) is 64.3 Å². The van der Waals surface area contributed by atoms with Crippen molar-refractivity contribution in [3.05, 3.63) is 107 Å². The number of allylic oxidation sites excluding steroid dienone is 3. The molecule has 6 rings (SSSR count). The number of pyridine rings is 1. The largest absolute Gasteiger partial charge is 0.455 e. The highest BCUT2D eigenvalue weighted by atomic mass is 16.5. The third kappa shape index (κ3) is 7.41. The molecule has 3 aliphatic rings. The molecule has 1 aliphatic heterocycles. The number of nitrogens with zero attached hydrogens (tertiary/aromatic N) is 4. The van der Waals surface area contributed by atoms with Crippen molar-refractivity contribution in [1.29, 1.82) is 0 Å². The van der Waals surface area contributed by atoms with Crippen molar-refractivity contribution in [2.24, 2.45) is 21.0 Å². The second kappa shape index (κ2) is 14.6. The lowest BCUT2D eigenvalue weighted by Crippen LogP contribution is -2.31. The van der Waals surface area contributed by atoms with Gasteiger partial charge in [-0.05, 0) is 112 Å². The van der Waals surface area contributed by atoms with Crippen LogP contribution in [0.1, 0.15) is 56.6 Å². The molecule has 2 saturated carbocycles. The Kier molecular flexibility index (Phi) is 10.2. The first kappa shape index (κ1) is 33.3. The zero-order chi connectivity index (χ0) is 33.6. The van der Waals surface area contributed by atoms with Crippen LogP contribution in [-0.4, -0.2) is 54.7 Å². The van der Waals surface area contributed by atoms with E-state index in [1.807, 2.05) is 36.4 Å². The quantitative estimate of drug-likeness (QED) is 0.0554. The number of rotatable bonds is 16. The fraction of sp³-hybridized carbons (Fsp3) is 0.410. The summed E-state index contributed by atoms with van der Waals surface area (Å²) in [7, 11) is 1.70. The number of nitrogens with one attached hydrogen (secondary N) is 2. The van der Waals surface area contributed by atoms with Gasteiger partial charge in [-0.1, -0.05) is 36.9 Å². The van der Waals surface area contributed by atoms with E-state index in [-0.39, 0.29) is 17.4 Å². The molecule has 2 aromatic carbocycles. The molecule has 3 aromatic rings. The number of benzene rings is 2. The molecule has 1 atom stereocenters. The van der Waals surface area contributed by atoms with Crippen molar-refractivity contribution in [1.82, 2.24) is 15.2 Å². The molecule has 1 unspecified atom stereocenters. The fourth-order valence-electron chi connectivity index (χ4n) is 6.95. The maximum Gasteiger partial charge on any atom is 0.236 e. The van der Waals surface area contributed by atoms with Gasteiger partial charge in [0.05, 0.1) is 17.1 Å². The Bertz CT molecular complexity index is 1740. The third-order valence-electron chi connectivity index (χ3n) is 10.2. The van der Waals surface area contributed by atoms with Gasteiger partial charge in [-0.3, -0.25) is 14.8 Å². The Labute approximate surface area is 283 Å². The monoisotopic (exact) mass is 646 g/mol. The average Bonchev–Trinajstić information content (AvgIpc) is 4.03. The lowest BCUT2D eigenvalue weighted by Gasteiger charge is -2.18. The number of aromatic nitrogens is 1. The number of likely N-dealkylation sites (tertiary alicyclic amines) is 1. The van der Waals surface area contributed by atoms with Crippen molar-refractivity contribution in [3.8, 4) is 5.75 Å². The van der Waals surface area contributed by atoms with Crippen molar-refractivity contribution in [3.63, 3.8) is 0 Å². The molecule has 2 heterocycles. The summed E-state index contributed by atoms with van der Waals surface area (Å²) in [5.74, 6) is 1.16. The van der Waals surface area contributed by atoms with Crippen LogP contribution in [0.3, 0.4) is 0 Å². The van der Waals surface area contributed by atoms with Crippen LogP contribution in [-0.2, 0) is 17.6 Å². The van der Waals surface area contributed by atoms with Gasteiger partial charge in [0.1, 0.15) is 17.6 Å². The van der Waals surface area contributed by atoms with Crippen LogP contribution < -0.4 is 15.4 Å². The van der Waals surface area contributed by atoms with Crippen LogP contribution in [0.4, 0.5) is 5.69 Å². The van der Waals surface area contributed by atoms with Crippen molar-refractivity contribution < 1.29 is 9.53 Å². The highest BCUT2D eigenvalue weighted by Crippen LogP contribution is 2.54. The predicted octanol–water partition coefficient (Wildman–Crippen LogP) is 7.35. The highest BCUT2D eigenvalue weighted by molar-refractivity contribution is 5.90. The molecule has 0 bridgehead atoms. The third-order valence-corrected chi connectivity index (χ3v) is 10.2. The number of carbonyl (C=O) groups excluding carboxylic acids is 1. The van der Waals surface area contributed by atoms with E-state index < -0.39 is 5.41 Å². The first-order valence-electron chi connectivity index (χ1n) is 17.1. The number of para-hydroxylation sites is 1. The number of hydrogen-bond donors (Lipinski definition) is 2. The number of nitroso groups, excluding NO2 is 1. The van der Waals surface area contributed by atoms with Gasteiger partial charge in [0.25, 0.3) is 0 Å². The van der Waals surface area contributed by atoms with Gasteiger partial charge in [0, 0.05) is 54.7 Å². The van der Waals surface area contributed by atoms with Crippen LogP contribution in [0.15, 0.2) is 101 Å². The van der Waals surface area contributed by atoms with E-state index in [1.54, 1.807) is 37.8 Å². The van der Waals surface area contributed by atoms with Gasteiger partial charge in [-0.25, -0.2) is 0 Å². The number of aliphatic imine (C=N–C) groups is 1. The predicted molar refractivity (Wildman–Crippen MR) is 193 cm³/mol. The number of hydrogen-bond acceptors (Lipinski definition) is 8. The van der Waals surface area contributed by atoms with E-state index in [0.717, 1.165) is 87.6 Å². The molecular formula is C39H46N6O3. The second-order valence-corrected chi connectivity index (χ2v) is 13.4. The van der Waals surface area contributed by atoms with Gasteiger partial charge in [-0.15, -0.1) is 0 Å². The first-order valence-corrected chi connectivity index (χ1v) is 17.1. The Morgan fingerprint density at radius 2 is 1.94 bits per heavy atom. The molecule has 1 saturated heterocycles. The zero-order valence-corrected chi connectivity index (χ0v) is 28.1. The molecule has 1 spiro atoms. The zero-order valence-electron chi connectivity index (χ0n) is 28.1. The number of ether oxygens (including phenoxy) is 1. The molecule has 2 aliphatic carbocycles. The van der Waals surface area contributed by atoms with Crippen LogP contribution in [0, 0.1) is 15.7 Å². The maximum absolute atomic E-state index is 13.1. The molecule has 9 nitrogen and oxygen atoms in total. The molecule has 1 amide bonds. The fourth-order valence-corrected chi connectivity index (χ4v) is 6.95. The lowest BCUT2D eigenvalue weighted by molar-refractivity contribution is -0.124. The van der Waals surface area contributed by atoms with Crippen LogP contribution in [0.5, 0.6) is 5.75 Å². The summed E-state index contributed by atoms with van der Waals surface area (Å²) in [6.07, 6.45) is 16.5. The van der Waals surface area contributed by atoms with Crippen molar-refractivity contribution >= 4 is 28.7 Å². The standard InChI is InChI=1S/C39H46N6O3/c1-4-29-23-33-34(24-30(29)11-8-9-22-45-26-36(44-47)38(27-45)16-17-38)41-21-15-35(33)48-32(25-40-3)14-10-20-42-37(46)39(18-19-39)28(2)43-31-12-6-5-7-13-31/h5-7,10,12-15,20-21,23-25,36,43H,2,4,8-9,11,16-19,22,26-27H2,1,3H3,(H,42,46)/b20-10+,32-14+,40-25?. The molecule has 48 heavy (non-hydrogen) atoms. The summed E-state index contributed by atoms with van der Waals surface area (Å²) in [5.41, 5.74) is 4.72. The Morgan fingerprint density at radius 3 is 2.62 bits per heavy atom. The molecular weight excluding hydrogens is 600 g/mol. The molecule has 1 aromatic heterocycles. The van der Waals surface area contributed by atoms with E-state index in [4.69, 9.17) is 4.74 Å². The van der Waals surface area contributed by atoms with E-state index in [9.17, 15) is 9.70 Å². The molecule has 2 N–H and O–H groups in total. The molecule has 0 radical (unpaired) electrons. The molecule has 250 valence electrons. The summed E-state index contributed by atoms with van der Waals surface area (Å²) < 4.78 is 6.34. The number of carbonyl (C=O) groups is 1. The number of amides is 1. The maximum atomic E-state index is 13.1. The minimum absolute atomic E-state index is 0.0168. The Morgan fingerprint density at radius 1 is 1.12 bits per heavy atom. The Balaban J connectivity index is 1.06. The summed E-state index contributed by atoms with van der Waals surface area (Å²) in [6.45, 7) is 9.20. The smallest absolute Gasteiger partial charge is 0.236 e. The topological polar surface area (TPSA) is 108 Å². The molecule has 9 heteroatoms. The normalized spacial score (nSPS) is 19.6. The summed E-state index contributed by atoms with van der Waals surface area (Å²) >= 11 is 0. The minimum atomic E-state index is -0.605. The summed E-state index contributed by atoms with van der Waals surface area (Å²) in [4.78, 5) is 35.6. The highest BCUT2D eigenvalue weighted by Gasteiger charge is 2.56. The van der Waals surface area contributed by atoms with Gasteiger partial charge in [-0.2, -0.15) is 4.91 Å². The van der Waals surface area contributed by atoms with Gasteiger partial charge in [0.2, 0.25) is 5.91 Å². The van der Waals surface area contributed by atoms with Gasteiger partial charge >= 0.3 is 0 Å². The summed E-state index contributed by atoms with van der Waals surface area (Å²) in [5, 5.41) is 10.6. The summed E-state index contributed by atoms with van der Waals surface area (Å²) in [6, 6.07) is 16.0. The van der Waals surface area contributed by atoms with E-state index in [2.05, 4.69) is 56.3 Å².